The van der Waals surface area contributed by atoms with E-state index in [4.69, 9.17) is 0 Å². The Labute approximate surface area is 98.9 Å². The van der Waals surface area contributed by atoms with E-state index >= 15 is 0 Å². The zero-order valence-electron chi connectivity index (χ0n) is 8.99. The molecule has 0 aromatic heterocycles. The second-order valence-electron chi connectivity index (χ2n) is 3.18. The zero-order chi connectivity index (χ0) is 13.9. The third-order valence-corrected chi connectivity index (χ3v) is 1.81. The first kappa shape index (κ1) is 13.5. The maximum absolute atomic E-state index is 13.5. The lowest BCUT2D eigenvalue weighted by Gasteiger charge is -2.06. The maximum Gasteiger partial charge on any atom is 0.308 e. The fraction of sp³-hybridized carbons (Fsp3) is 0.111. The number of carbonyl (C=O) groups excluding carboxylic acids is 2. The minimum Gasteiger partial charge on any atom is -0.274 e. The van der Waals surface area contributed by atoms with E-state index in [9.17, 15) is 28.5 Å². The van der Waals surface area contributed by atoms with Crippen LogP contribution in [0.15, 0.2) is 12.1 Å². The van der Waals surface area contributed by atoms with Crippen molar-refractivity contribution in [3.63, 3.8) is 0 Å². The van der Waals surface area contributed by atoms with Crippen molar-refractivity contribution in [2.75, 3.05) is 0 Å². The molecule has 0 saturated carbocycles. The van der Waals surface area contributed by atoms with Gasteiger partial charge in [0, 0.05) is 6.92 Å². The molecule has 0 bridgehead atoms. The fourth-order valence-electron chi connectivity index (χ4n) is 1.09. The van der Waals surface area contributed by atoms with Crippen LogP contribution in [-0.2, 0) is 4.79 Å². The highest BCUT2D eigenvalue weighted by Crippen LogP contribution is 2.22. The number of hydrogen-bond donors (Lipinski definition) is 2. The highest BCUT2D eigenvalue weighted by Gasteiger charge is 2.24. The molecule has 0 aliphatic heterocycles. The highest BCUT2D eigenvalue weighted by atomic mass is 19.1. The first-order chi connectivity index (χ1) is 8.32. The van der Waals surface area contributed by atoms with Gasteiger partial charge in [0.05, 0.1) is 16.6 Å². The van der Waals surface area contributed by atoms with Crippen molar-refractivity contribution in [3.05, 3.63) is 39.4 Å². The van der Waals surface area contributed by atoms with Gasteiger partial charge in [-0.2, -0.15) is 4.39 Å². The molecule has 7 nitrogen and oxygen atoms in total. The van der Waals surface area contributed by atoms with Crippen LogP contribution in [0.4, 0.5) is 14.5 Å². The minimum atomic E-state index is -1.48. The van der Waals surface area contributed by atoms with Crippen molar-refractivity contribution in [1.29, 1.82) is 0 Å². The van der Waals surface area contributed by atoms with E-state index in [0.717, 1.165) is 6.92 Å². The summed E-state index contributed by atoms with van der Waals surface area (Å²) in [5.74, 6) is -4.47. The standard InChI is InChI=1S/C9H7F2N3O4/c1-4(15)12-13-9(16)6-2-5(10)3-7(8(6)11)14(17)18/h2-3H,1H3,(H,12,15)(H,13,16). The number of hydrogen-bond acceptors (Lipinski definition) is 4. The molecule has 0 spiro atoms. The number of nitrogens with zero attached hydrogens (tertiary/aromatic N) is 1. The molecule has 1 aromatic rings. The number of carbonyl (C=O) groups is 2. The fourth-order valence-corrected chi connectivity index (χ4v) is 1.09. The second kappa shape index (κ2) is 5.17. The van der Waals surface area contributed by atoms with Crippen LogP contribution in [-0.4, -0.2) is 16.7 Å². The van der Waals surface area contributed by atoms with Gasteiger partial charge in [0.25, 0.3) is 5.91 Å². The second-order valence-corrected chi connectivity index (χ2v) is 3.18. The van der Waals surface area contributed by atoms with Gasteiger partial charge in [0.1, 0.15) is 5.82 Å². The maximum atomic E-state index is 13.5. The van der Waals surface area contributed by atoms with E-state index in [2.05, 4.69) is 0 Å². The van der Waals surface area contributed by atoms with Gasteiger partial charge in [0.15, 0.2) is 0 Å². The molecule has 96 valence electrons. The minimum absolute atomic E-state index is 0.352. The SMILES string of the molecule is CC(=O)NNC(=O)c1cc(F)cc([N+](=O)[O-])c1F. The van der Waals surface area contributed by atoms with E-state index < -0.39 is 39.6 Å². The Bertz CT molecular complexity index is 533. The Hall–Kier alpha value is -2.58. The molecule has 2 N–H and O–H groups in total. The van der Waals surface area contributed by atoms with Gasteiger partial charge in [0.2, 0.25) is 11.7 Å². The van der Waals surface area contributed by atoms with E-state index in [1.165, 1.54) is 0 Å². The summed E-state index contributed by atoms with van der Waals surface area (Å²) < 4.78 is 26.5. The van der Waals surface area contributed by atoms with Crippen LogP contribution in [0.1, 0.15) is 17.3 Å². The molecule has 0 heterocycles. The summed E-state index contributed by atoms with van der Waals surface area (Å²) in [6.45, 7) is 1.07. The molecule has 9 heteroatoms. The molecule has 0 aliphatic rings. The van der Waals surface area contributed by atoms with Crippen LogP contribution in [0.3, 0.4) is 0 Å². The molecule has 0 saturated heterocycles. The van der Waals surface area contributed by atoms with E-state index in [1.807, 2.05) is 5.43 Å². The first-order valence-electron chi connectivity index (χ1n) is 4.53. The molecular weight excluding hydrogens is 252 g/mol. The molecule has 18 heavy (non-hydrogen) atoms. The molecule has 1 rings (SSSR count). The molecular formula is C9H7F2N3O4. The molecule has 0 atom stereocenters. The molecule has 0 unspecified atom stereocenters. The van der Waals surface area contributed by atoms with Crippen LogP contribution in [0.25, 0.3) is 0 Å². The Kier molecular flexibility index (Phi) is 3.87. The molecule has 0 aliphatic carbocycles. The Morgan fingerprint density at radius 1 is 1.28 bits per heavy atom. The summed E-state index contributed by atoms with van der Waals surface area (Å²) in [6.07, 6.45) is 0. The summed E-state index contributed by atoms with van der Waals surface area (Å²) in [6, 6.07) is 0.837. The highest BCUT2D eigenvalue weighted by molar-refractivity contribution is 5.96. The number of rotatable bonds is 2. The van der Waals surface area contributed by atoms with Crippen molar-refractivity contribution in [3.8, 4) is 0 Å². The predicted octanol–water partition coefficient (Wildman–Crippen LogP) is 0.654. The van der Waals surface area contributed by atoms with Crippen LogP contribution < -0.4 is 10.9 Å². The number of nitro groups is 1. The number of halogens is 2. The number of nitrogens with one attached hydrogen (secondary N) is 2. The van der Waals surface area contributed by atoms with Crippen LogP contribution in [0.2, 0.25) is 0 Å². The lowest BCUT2D eigenvalue weighted by Crippen LogP contribution is -2.40. The quantitative estimate of drug-likeness (QED) is 0.601. The average molecular weight is 259 g/mol. The Morgan fingerprint density at radius 3 is 2.39 bits per heavy atom. The predicted molar refractivity (Wildman–Crippen MR) is 54.3 cm³/mol. The Morgan fingerprint density at radius 2 is 1.89 bits per heavy atom. The van der Waals surface area contributed by atoms with Crippen LogP contribution >= 0.6 is 0 Å². The topological polar surface area (TPSA) is 101 Å². The van der Waals surface area contributed by atoms with Crippen LogP contribution in [0, 0.1) is 21.7 Å². The van der Waals surface area contributed by atoms with Gasteiger partial charge in [-0.15, -0.1) is 0 Å². The Balaban J connectivity index is 3.12. The third kappa shape index (κ3) is 2.97. The van der Waals surface area contributed by atoms with E-state index in [0.29, 0.717) is 12.1 Å². The number of hydrazine groups is 1. The number of nitro benzene ring substituents is 1. The number of benzene rings is 1. The van der Waals surface area contributed by atoms with Gasteiger partial charge in [-0.3, -0.25) is 30.6 Å². The van der Waals surface area contributed by atoms with Crippen molar-refractivity contribution in [2.24, 2.45) is 0 Å². The molecule has 2 amide bonds. The molecule has 0 fully saturated rings. The van der Waals surface area contributed by atoms with Crippen LogP contribution in [0.5, 0.6) is 0 Å². The van der Waals surface area contributed by atoms with Gasteiger partial charge in [-0.25, -0.2) is 4.39 Å². The van der Waals surface area contributed by atoms with Crippen molar-refractivity contribution in [2.45, 2.75) is 6.92 Å². The zero-order valence-corrected chi connectivity index (χ0v) is 8.99. The summed E-state index contributed by atoms with van der Waals surface area (Å²) in [5, 5.41) is 10.4. The van der Waals surface area contributed by atoms with E-state index in [-0.39, 0.29) is 0 Å². The number of amides is 2. The average Bonchev–Trinajstić information content (AvgIpc) is 2.28. The molecule has 0 radical (unpaired) electrons. The lowest BCUT2D eigenvalue weighted by molar-refractivity contribution is -0.387. The summed E-state index contributed by atoms with van der Waals surface area (Å²) in [5.41, 5.74) is 1.56. The summed E-state index contributed by atoms with van der Waals surface area (Å²) in [7, 11) is 0. The van der Waals surface area contributed by atoms with E-state index in [1.54, 1.807) is 5.43 Å². The lowest BCUT2D eigenvalue weighted by atomic mass is 10.1. The normalized spacial score (nSPS) is 9.72. The van der Waals surface area contributed by atoms with Crippen molar-refractivity contribution in [1.82, 2.24) is 10.9 Å². The summed E-state index contributed by atoms with van der Waals surface area (Å²) >= 11 is 0. The third-order valence-electron chi connectivity index (χ3n) is 1.81. The van der Waals surface area contributed by atoms with Gasteiger partial charge >= 0.3 is 5.69 Å². The monoisotopic (exact) mass is 259 g/mol. The molecule has 1 aromatic carbocycles. The van der Waals surface area contributed by atoms with Gasteiger partial charge < -0.3 is 0 Å². The first-order valence-corrected chi connectivity index (χ1v) is 4.53. The smallest absolute Gasteiger partial charge is 0.274 e. The van der Waals surface area contributed by atoms with Gasteiger partial charge in [-0.05, 0) is 6.07 Å². The van der Waals surface area contributed by atoms with Crippen molar-refractivity contribution >= 4 is 17.5 Å². The largest absolute Gasteiger partial charge is 0.308 e. The van der Waals surface area contributed by atoms with Gasteiger partial charge in [-0.1, -0.05) is 0 Å². The summed E-state index contributed by atoms with van der Waals surface area (Å²) in [4.78, 5) is 31.1. The van der Waals surface area contributed by atoms with Crippen molar-refractivity contribution < 1.29 is 23.3 Å².